The lowest BCUT2D eigenvalue weighted by molar-refractivity contribution is 0.845. The second-order valence-corrected chi connectivity index (χ2v) is 5.64. The topological polar surface area (TPSA) is 79.7 Å². The van der Waals surface area contributed by atoms with E-state index in [1.54, 1.807) is 12.4 Å². The fourth-order valence-electron chi connectivity index (χ4n) is 1.42. The van der Waals surface area contributed by atoms with Gasteiger partial charge in [0.25, 0.3) is 0 Å². The Hall–Kier alpha value is -1.96. The molecule has 112 valence electrons. The van der Waals surface area contributed by atoms with Gasteiger partial charge in [-0.3, -0.25) is 0 Å². The Morgan fingerprint density at radius 2 is 1.81 bits per heavy atom. The van der Waals surface area contributed by atoms with Gasteiger partial charge in [-0.05, 0) is 30.7 Å². The monoisotopic (exact) mass is 305 g/mol. The van der Waals surface area contributed by atoms with Gasteiger partial charge < -0.3 is 10.2 Å². The first-order chi connectivity index (χ1) is 10.1. The number of hydrogen-bond acceptors (Lipinski definition) is 8. The van der Waals surface area contributed by atoms with E-state index < -0.39 is 0 Å². The van der Waals surface area contributed by atoms with Gasteiger partial charge in [0.1, 0.15) is 0 Å². The standard InChI is InChI=1S/C13H19N7S/c1-5-6-14-10-17-11(20(3)4)19-13(18-10)21-12-15-7-9(2)8-16-12/h7-8H,5-6H2,1-4H3,(H,14,17,18,19). The average Bonchev–Trinajstić information content (AvgIpc) is 2.47. The summed E-state index contributed by atoms with van der Waals surface area (Å²) in [6.07, 6.45) is 4.56. The van der Waals surface area contributed by atoms with Gasteiger partial charge in [-0.2, -0.15) is 15.0 Å². The lowest BCUT2D eigenvalue weighted by Gasteiger charge is -2.12. The number of aryl methyl sites for hydroxylation is 1. The van der Waals surface area contributed by atoms with E-state index in [4.69, 9.17) is 0 Å². The summed E-state index contributed by atoms with van der Waals surface area (Å²) in [4.78, 5) is 23.5. The largest absolute Gasteiger partial charge is 0.354 e. The third kappa shape index (κ3) is 4.52. The van der Waals surface area contributed by atoms with Gasteiger partial charge in [0.15, 0.2) is 5.16 Å². The average molecular weight is 305 g/mol. The van der Waals surface area contributed by atoms with Crippen molar-refractivity contribution in [2.24, 2.45) is 0 Å². The van der Waals surface area contributed by atoms with Gasteiger partial charge in [-0.25, -0.2) is 9.97 Å². The zero-order valence-electron chi connectivity index (χ0n) is 12.7. The first-order valence-electron chi connectivity index (χ1n) is 6.72. The van der Waals surface area contributed by atoms with Crippen LogP contribution in [0.2, 0.25) is 0 Å². The number of anilines is 2. The smallest absolute Gasteiger partial charge is 0.230 e. The second kappa shape index (κ2) is 7.16. The minimum atomic E-state index is 0.574. The third-order valence-electron chi connectivity index (χ3n) is 2.48. The van der Waals surface area contributed by atoms with Crippen LogP contribution in [-0.4, -0.2) is 45.6 Å². The maximum atomic E-state index is 4.41. The lowest BCUT2D eigenvalue weighted by Crippen LogP contribution is -2.16. The van der Waals surface area contributed by atoms with Crippen LogP contribution in [0.25, 0.3) is 0 Å². The van der Waals surface area contributed by atoms with Crippen LogP contribution in [-0.2, 0) is 0 Å². The van der Waals surface area contributed by atoms with E-state index in [1.165, 1.54) is 11.8 Å². The summed E-state index contributed by atoms with van der Waals surface area (Å²) < 4.78 is 0. The minimum Gasteiger partial charge on any atom is -0.354 e. The van der Waals surface area contributed by atoms with Crippen molar-refractivity contribution in [2.45, 2.75) is 30.6 Å². The molecule has 0 saturated carbocycles. The number of hydrogen-bond donors (Lipinski definition) is 1. The van der Waals surface area contributed by atoms with E-state index in [9.17, 15) is 0 Å². The highest BCUT2D eigenvalue weighted by Gasteiger charge is 2.10. The molecule has 0 aliphatic carbocycles. The van der Waals surface area contributed by atoms with E-state index in [0.29, 0.717) is 22.2 Å². The van der Waals surface area contributed by atoms with E-state index >= 15 is 0 Å². The van der Waals surface area contributed by atoms with Crippen molar-refractivity contribution in [2.75, 3.05) is 30.9 Å². The van der Waals surface area contributed by atoms with Crippen LogP contribution in [0.4, 0.5) is 11.9 Å². The van der Waals surface area contributed by atoms with Crippen molar-refractivity contribution in [3.05, 3.63) is 18.0 Å². The number of rotatable bonds is 6. The Morgan fingerprint density at radius 3 is 2.43 bits per heavy atom. The van der Waals surface area contributed by atoms with Crippen molar-refractivity contribution in [3.8, 4) is 0 Å². The first kappa shape index (κ1) is 15.4. The molecular weight excluding hydrogens is 286 g/mol. The second-order valence-electron chi connectivity index (χ2n) is 4.71. The summed E-state index contributed by atoms with van der Waals surface area (Å²) in [6.45, 7) is 4.87. The van der Waals surface area contributed by atoms with Crippen LogP contribution in [0.1, 0.15) is 18.9 Å². The highest BCUT2D eigenvalue weighted by atomic mass is 32.2. The minimum absolute atomic E-state index is 0.574. The molecule has 2 aromatic heterocycles. The Balaban J connectivity index is 2.24. The molecule has 0 fully saturated rings. The molecular formula is C13H19N7S. The normalized spacial score (nSPS) is 10.5. The predicted molar refractivity (Wildman–Crippen MR) is 83.8 cm³/mol. The molecule has 1 N–H and O–H groups in total. The Morgan fingerprint density at radius 1 is 1.10 bits per heavy atom. The Kier molecular flexibility index (Phi) is 5.26. The zero-order valence-corrected chi connectivity index (χ0v) is 13.5. The molecule has 0 aliphatic heterocycles. The molecule has 0 aliphatic rings. The van der Waals surface area contributed by atoms with Crippen molar-refractivity contribution >= 4 is 23.7 Å². The van der Waals surface area contributed by atoms with Crippen LogP contribution in [0, 0.1) is 6.92 Å². The van der Waals surface area contributed by atoms with Gasteiger partial charge in [0.05, 0.1) is 0 Å². The lowest BCUT2D eigenvalue weighted by atomic mass is 10.4. The maximum absolute atomic E-state index is 4.41. The molecule has 7 nitrogen and oxygen atoms in total. The molecule has 2 aromatic rings. The van der Waals surface area contributed by atoms with Gasteiger partial charge in [0.2, 0.25) is 17.1 Å². The molecule has 0 saturated heterocycles. The van der Waals surface area contributed by atoms with Crippen LogP contribution in [0.15, 0.2) is 22.7 Å². The molecule has 0 atom stereocenters. The molecule has 0 bridgehead atoms. The van der Waals surface area contributed by atoms with Crippen molar-refractivity contribution in [3.63, 3.8) is 0 Å². The summed E-state index contributed by atoms with van der Waals surface area (Å²) in [6, 6.07) is 0. The molecule has 0 unspecified atom stereocenters. The SMILES string of the molecule is CCCNc1nc(Sc2ncc(C)cn2)nc(N(C)C)n1. The van der Waals surface area contributed by atoms with Crippen LogP contribution in [0.5, 0.6) is 0 Å². The van der Waals surface area contributed by atoms with Gasteiger partial charge in [-0.15, -0.1) is 0 Å². The van der Waals surface area contributed by atoms with Crippen molar-refractivity contribution in [1.29, 1.82) is 0 Å². The number of nitrogens with one attached hydrogen (secondary N) is 1. The summed E-state index contributed by atoms with van der Waals surface area (Å²) >= 11 is 1.32. The van der Waals surface area contributed by atoms with Crippen molar-refractivity contribution < 1.29 is 0 Å². The molecule has 0 spiro atoms. The number of aromatic nitrogens is 5. The maximum Gasteiger partial charge on any atom is 0.230 e. The molecule has 0 amide bonds. The van der Waals surface area contributed by atoms with Gasteiger partial charge >= 0.3 is 0 Å². The van der Waals surface area contributed by atoms with Crippen molar-refractivity contribution in [1.82, 2.24) is 24.9 Å². The summed E-state index contributed by atoms with van der Waals surface area (Å²) in [7, 11) is 3.80. The van der Waals surface area contributed by atoms with Gasteiger partial charge in [0, 0.05) is 33.0 Å². The zero-order chi connectivity index (χ0) is 15.2. The molecule has 0 aromatic carbocycles. The van der Waals surface area contributed by atoms with Crippen LogP contribution >= 0.6 is 11.8 Å². The number of nitrogens with zero attached hydrogens (tertiary/aromatic N) is 6. The third-order valence-corrected chi connectivity index (χ3v) is 3.23. The predicted octanol–water partition coefficient (Wildman–Crippen LogP) is 2.01. The Bertz CT molecular complexity index is 586. The van der Waals surface area contributed by atoms with E-state index in [-0.39, 0.29) is 0 Å². The van der Waals surface area contributed by atoms with Gasteiger partial charge in [-0.1, -0.05) is 6.92 Å². The summed E-state index contributed by atoms with van der Waals surface area (Å²) in [5.41, 5.74) is 1.02. The van der Waals surface area contributed by atoms with Crippen LogP contribution < -0.4 is 10.2 Å². The van der Waals surface area contributed by atoms with Crippen LogP contribution in [0.3, 0.4) is 0 Å². The quantitative estimate of drug-likeness (QED) is 0.812. The van der Waals surface area contributed by atoms with E-state index in [1.807, 2.05) is 25.9 Å². The van der Waals surface area contributed by atoms with E-state index in [0.717, 1.165) is 18.5 Å². The first-order valence-corrected chi connectivity index (χ1v) is 7.54. The summed E-state index contributed by atoms with van der Waals surface area (Å²) in [5, 5.41) is 4.38. The molecule has 8 heteroatoms. The fraction of sp³-hybridized carbons (Fsp3) is 0.462. The highest BCUT2D eigenvalue weighted by molar-refractivity contribution is 7.99. The molecule has 21 heavy (non-hydrogen) atoms. The molecule has 2 rings (SSSR count). The summed E-state index contributed by atoms with van der Waals surface area (Å²) in [5.74, 6) is 1.18. The fourth-order valence-corrected chi connectivity index (χ4v) is 2.06. The molecule has 2 heterocycles. The highest BCUT2D eigenvalue weighted by Crippen LogP contribution is 2.23. The van der Waals surface area contributed by atoms with E-state index in [2.05, 4.69) is 37.2 Å². The molecule has 0 radical (unpaired) electrons. The Labute approximate surface area is 128 Å².